The number of hydrogen-bond donors (Lipinski definition) is 0. The average molecular weight is 810 g/mol. The molecule has 0 fully saturated rings. The second-order valence-corrected chi connectivity index (χ2v) is 17.0. The van der Waals surface area contributed by atoms with Crippen LogP contribution in [0.3, 0.4) is 0 Å². The second-order valence-electron chi connectivity index (χ2n) is 16.0. The molecule has 5 nitrogen and oxygen atoms in total. The van der Waals surface area contributed by atoms with Crippen LogP contribution in [0.5, 0.6) is 0 Å². The van der Waals surface area contributed by atoms with Crippen LogP contribution < -0.4 is 16.4 Å². The van der Waals surface area contributed by atoms with E-state index in [9.17, 15) is 0 Å². The highest BCUT2D eigenvalue weighted by atomic mass is 32.1. The first-order valence-electron chi connectivity index (χ1n) is 20.8. The molecule has 0 atom stereocenters. The Morgan fingerprint density at radius 2 is 0.871 bits per heavy atom. The summed E-state index contributed by atoms with van der Waals surface area (Å²) >= 11 is 1.73. The van der Waals surface area contributed by atoms with Crippen LogP contribution in [-0.2, 0) is 0 Å². The lowest BCUT2D eigenvalue weighted by Gasteiger charge is -2.16. The lowest BCUT2D eigenvalue weighted by molar-refractivity contribution is 0.620. The van der Waals surface area contributed by atoms with Gasteiger partial charge in [-0.05, 0) is 56.6 Å². The molecule has 0 bridgehead atoms. The van der Waals surface area contributed by atoms with E-state index in [2.05, 4.69) is 182 Å². The van der Waals surface area contributed by atoms with Gasteiger partial charge in [0, 0.05) is 27.5 Å². The third-order valence-electron chi connectivity index (χ3n) is 12.3. The molecule has 0 saturated heterocycles. The molecule has 0 spiro atoms. The second kappa shape index (κ2) is 13.8. The van der Waals surface area contributed by atoms with Crippen molar-refractivity contribution >= 4 is 110 Å². The van der Waals surface area contributed by atoms with Gasteiger partial charge in [0.1, 0.15) is 16.0 Å². The molecule has 7 heteroatoms. The Kier molecular flexibility index (Phi) is 7.80. The Hall–Kier alpha value is -7.87. The van der Waals surface area contributed by atoms with Gasteiger partial charge in [-0.1, -0.05) is 186 Å². The SMILES string of the molecule is c1ccc2cc3oc(-c4ccc(B(c5ccc(-c6nc7c8ccccc8c8ccccc8c7o6)cc5)c5ccc(-c6nc7cc8ccccc8cc7s6)cc5)cc4)nc3cc2c1. The molecule has 13 rings (SSSR count). The first kappa shape index (κ1) is 34.9. The van der Waals surface area contributed by atoms with Gasteiger partial charge in [-0.15, -0.1) is 11.3 Å². The van der Waals surface area contributed by atoms with Crippen molar-refractivity contribution < 1.29 is 8.83 Å². The van der Waals surface area contributed by atoms with Crippen LogP contribution >= 0.6 is 11.3 Å². The summed E-state index contributed by atoms with van der Waals surface area (Å²) in [6, 6.07) is 68.4. The number of benzene rings is 10. The summed E-state index contributed by atoms with van der Waals surface area (Å²) < 4.78 is 14.1. The first-order valence-corrected chi connectivity index (χ1v) is 21.6. The molecule has 62 heavy (non-hydrogen) atoms. The summed E-state index contributed by atoms with van der Waals surface area (Å²) in [5.74, 6) is 1.21. The molecule has 10 aromatic carbocycles. The molecule has 0 unspecified atom stereocenters. The minimum absolute atomic E-state index is 0.0572. The lowest BCUT2D eigenvalue weighted by atomic mass is 9.37. The van der Waals surface area contributed by atoms with Crippen molar-refractivity contribution in [2.24, 2.45) is 0 Å². The van der Waals surface area contributed by atoms with E-state index >= 15 is 0 Å². The van der Waals surface area contributed by atoms with E-state index in [0.29, 0.717) is 11.8 Å². The number of thiazole rings is 1. The summed E-state index contributed by atoms with van der Waals surface area (Å²) in [5, 5.41) is 10.2. The highest BCUT2D eigenvalue weighted by molar-refractivity contribution is 7.21. The maximum absolute atomic E-state index is 6.61. The monoisotopic (exact) mass is 809 g/mol. The predicted octanol–water partition coefficient (Wildman–Crippen LogP) is 12.7. The number of hydrogen-bond acceptors (Lipinski definition) is 6. The Balaban J connectivity index is 0.887. The maximum Gasteiger partial charge on any atom is 0.241 e. The molecule has 0 radical (unpaired) electrons. The number of oxazole rings is 2. The molecule has 288 valence electrons. The third-order valence-corrected chi connectivity index (χ3v) is 13.3. The zero-order valence-electron chi connectivity index (χ0n) is 33.1. The Bertz CT molecular complexity index is 3530. The van der Waals surface area contributed by atoms with E-state index in [4.69, 9.17) is 23.8 Å². The minimum Gasteiger partial charge on any atom is -0.436 e. The van der Waals surface area contributed by atoms with E-state index in [1.807, 2.05) is 12.1 Å². The summed E-state index contributed by atoms with van der Waals surface area (Å²) in [5.41, 5.74) is 10.8. The molecule has 0 aliphatic heterocycles. The smallest absolute Gasteiger partial charge is 0.241 e. The topological polar surface area (TPSA) is 65.0 Å². The number of rotatable bonds is 6. The third kappa shape index (κ3) is 5.74. The molecular formula is C55H32BN3O2S. The molecule has 3 heterocycles. The Morgan fingerprint density at radius 1 is 0.387 bits per heavy atom. The van der Waals surface area contributed by atoms with Gasteiger partial charge in [-0.2, -0.15) is 0 Å². The number of fused-ring (bicyclic) bond motifs is 10. The lowest BCUT2D eigenvalue weighted by Crippen LogP contribution is -2.51. The van der Waals surface area contributed by atoms with E-state index in [-0.39, 0.29) is 6.71 Å². The molecule has 13 aromatic rings. The summed E-state index contributed by atoms with van der Waals surface area (Å²) in [4.78, 5) is 15.1. The van der Waals surface area contributed by atoms with Gasteiger partial charge in [0.25, 0.3) is 0 Å². The van der Waals surface area contributed by atoms with Gasteiger partial charge in [-0.25, -0.2) is 15.0 Å². The van der Waals surface area contributed by atoms with E-state index in [1.54, 1.807) is 11.3 Å². The van der Waals surface area contributed by atoms with E-state index in [1.165, 1.54) is 26.3 Å². The maximum atomic E-state index is 6.61. The fraction of sp³-hybridized carbons (Fsp3) is 0. The van der Waals surface area contributed by atoms with Gasteiger partial charge in [0.15, 0.2) is 11.2 Å². The number of aromatic nitrogens is 3. The van der Waals surface area contributed by atoms with Crippen LogP contribution in [0.4, 0.5) is 0 Å². The van der Waals surface area contributed by atoms with Gasteiger partial charge in [-0.3, -0.25) is 0 Å². The van der Waals surface area contributed by atoms with E-state index < -0.39 is 0 Å². The summed E-state index contributed by atoms with van der Waals surface area (Å²) in [7, 11) is 0. The molecule has 0 aliphatic carbocycles. The normalized spacial score (nSPS) is 11.9. The van der Waals surface area contributed by atoms with Crippen molar-refractivity contribution in [3.05, 3.63) is 194 Å². The quantitative estimate of drug-likeness (QED) is 0.124. The van der Waals surface area contributed by atoms with Crippen molar-refractivity contribution in [3.63, 3.8) is 0 Å². The van der Waals surface area contributed by atoms with Crippen LogP contribution in [0.1, 0.15) is 0 Å². The average Bonchev–Trinajstić information content (AvgIpc) is 4.08. The van der Waals surface area contributed by atoms with Crippen molar-refractivity contribution in [1.29, 1.82) is 0 Å². The molecule has 0 saturated carbocycles. The van der Waals surface area contributed by atoms with Crippen molar-refractivity contribution in [2.75, 3.05) is 0 Å². The minimum atomic E-state index is -0.0572. The van der Waals surface area contributed by atoms with Gasteiger partial charge >= 0.3 is 0 Å². The summed E-state index contributed by atoms with van der Waals surface area (Å²) in [6.45, 7) is -0.0572. The van der Waals surface area contributed by atoms with Crippen molar-refractivity contribution in [1.82, 2.24) is 15.0 Å². The fourth-order valence-electron chi connectivity index (χ4n) is 9.15. The molecule has 0 N–H and O–H groups in total. The van der Waals surface area contributed by atoms with Crippen LogP contribution in [-0.4, -0.2) is 21.7 Å². The highest BCUT2D eigenvalue weighted by Gasteiger charge is 2.24. The molecule has 0 amide bonds. The number of nitrogens with zero attached hydrogens (tertiary/aromatic N) is 3. The van der Waals surface area contributed by atoms with Crippen LogP contribution in [0.2, 0.25) is 0 Å². The van der Waals surface area contributed by atoms with Gasteiger partial charge < -0.3 is 8.83 Å². The molecule has 3 aromatic heterocycles. The van der Waals surface area contributed by atoms with Crippen molar-refractivity contribution in [2.45, 2.75) is 0 Å². The van der Waals surface area contributed by atoms with Gasteiger partial charge in [0.2, 0.25) is 18.5 Å². The van der Waals surface area contributed by atoms with Crippen LogP contribution in [0.15, 0.2) is 203 Å². The van der Waals surface area contributed by atoms with Gasteiger partial charge in [0.05, 0.1) is 10.2 Å². The van der Waals surface area contributed by atoms with Crippen LogP contribution in [0.25, 0.3) is 109 Å². The molecular weight excluding hydrogens is 778 g/mol. The standard InChI is InChI=1S/C55H32BN3O2S/c1-3-11-38-31-49-47(29-36(38)9-1)57-53(60-49)33-17-23-40(24-18-33)56(42-27-21-35(22-28-42)55-58-48-30-37-10-2-4-12-39(37)32-50(48)62-55)41-25-19-34(20-26-41)54-59-51-45-15-7-5-13-43(45)44-14-6-8-16-46(44)52(51)61-54/h1-32H. The Morgan fingerprint density at radius 3 is 1.50 bits per heavy atom. The molecule has 0 aliphatic rings. The largest absolute Gasteiger partial charge is 0.436 e. The summed E-state index contributed by atoms with van der Waals surface area (Å²) in [6.07, 6.45) is 0. The van der Waals surface area contributed by atoms with Crippen molar-refractivity contribution in [3.8, 4) is 33.5 Å². The zero-order chi connectivity index (χ0) is 40.7. The predicted molar refractivity (Wildman–Crippen MR) is 259 cm³/mol. The Labute approximate surface area is 359 Å². The fourth-order valence-corrected chi connectivity index (χ4v) is 10.2. The van der Waals surface area contributed by atoms with E-state index in [0.717, 1.165) is 87.3 Å². The zero-order valence-corrected chi connectivity index (χ0v) is 33.9. The highest BCUT2D eigenvalue weighted by Crippen LogP contribution is 2.37. The first-order chi connectivity index (χ1) is 30.7. The van der Waals surface area contributed by atoms with Crippen LogP contribution in [0, 0.1) is 0 Å².